The van der Waals surface area contributed by atoms with E-state index in [2.05, 4.69) is 0 Å². The highest BCUT2D eigenvalue weighted by Gasteiger charge is 2.25. The number of para-hydroxylation sites is 1. The van der Waals surface area contributed by atoms with Crippen LogP contribution in [-0.2, 0) is 10.0 Å². The molecule has 0 N–H and O–H groups in total. The first-order valence-electron chi connectivity index (χ1n) is 9.55. The van der Waals surface area contributed by atoms with Crippen molar-refractivity contribution in [3.63, 3.8) is 0 Å². The number of carbonyl (C=O) groups is 1. The van der Waals surface area contributed by atoms with E-state index in [0.29, 0.717) is 16.5 Å². The Kier molecular flexibility index (Phi) is 5.28. The molecule has 1 aromatic heterocycles. The van der Waals surface area contributed by atoms with Crippen LogP contribution in [0.15, 0.2) is 95.5 Å². The van der Waals surface area contributed by atoms with Gasteiger partial charge in [-0.1, -0.05) is 66.2 Å². The van der Waals surface area contributed by atoms with Gasteiger partial charge in [-0.05, 0) is 36.8 Å². The van der Waals surface area contributed by atoms with Gasteiger partial charge in [-0.2, -0.15) is 5.26 Å². The second kappa shape index (κ2) is 8.05. The maximum atomic E-state index is 13.3. The molecule has 0 radical (unpaired) electrons. The van der Waals surface area contributed by atoms with Gasteiger partial charge in [0.2, 0.25) is 5.78 Å². The van der Waals surface area contributed by atoms with Crippen molar-refractivity contribution >= 4 is 32.8 Å². The maximum absolute atomic E-state index is 13.3. The summed E-state index contributed by atoms with van der Waals surface area (Å²) < 4.78 is 27.7. The summed E-state index contributed by atoms with van der Waals surface area (Å²) in [6, 6.07) is 24.3. The molecule has 1 heterocycles. The number of Topliss-reactive ketones (excluding diaryl/α,β-unsaturated/α-hetero) is 1. The minimum Gasteiger partial charge on any atom is -0.288 e. The van der Waals surface area contributed by atoms with E-state index in [0.717, 1.165) is 9.54 Å². The Hall–Kier alpha value is -3.95. The van der Waals surface area contributed by atoms with Crippen LogP contribution in [0.1, 0.15) is 21.5 Å². The molecule has 0 saturated heterocycles. The Labute approximate surface area is 180 Å². The lowest BCUT2D eigenvalue weighted by Gasteiger charge is -2.07. The molecule has 152 valence electrons. The van der Waals surface area contributed by atoms with Gasteiger partial charge in [-0.3, -0.25) is 4.79 Å². The zero-order valence-corrected chi connectivity index (χ0v) is 17.5. The lowest BCUT2D eigenvalue weighted by molar-refractivity contribution is 0.104. The van der Waals surface area contributed by atoms with Crippen LogP contribution in [-0.4, -0.2) is 18.2 Å². The van der Waals surface area contributed by atoms with Crippen LogP contribution in [0.4, 0.5) is 0 Å². The number of rotatable bonds is 5. The van der Waals surface area contributed by atoms with Gasteiger partial charge in [0.15, 0.2) is 0 Å². The maximum Gasteiger partial charge on any atom is 0.268 e. The van der Waals surface area contributed by atoms with Gasteiger partial charge in [0, 0.05) is 11.6 Å². The highest BCUT2D eigenvalue weighted by Crippen LogP contribution is 2.28. The molecular formula is C25H18N2O3S. The Bertz CT molecular complexity index is 1460. The number of allylic oxidation sites excluding steroid dienone is 1. The zero-order chi connectivity index (χ0) is 22.0. The van der Waals surface area contributed by atoms with Crippen LogP contribution in [0.3, 0.4) is 0 Å². The number of fused-ring (bicyclic) bond motifs is 1. The number of carbonyl (C=O) groups excluding carboxylic acids is 1. The van der Waals surface area contributed by atoms with Gasteiger partial charge in [0.05, 0.1) is 16.0 Å². The fourth-order valence-electron chi connectivity index (χ4n) is 3.36. The van der Waals surface area contributed by atoms with Gasteiger partial charge in [-0.25, -0.2) is 12.4 Å². The van der Waals surface area contributed by atoms with Crippen LogP contribution in [0.2, 0.25) is 0 Å². The van der Waals surface area contributed by atoms with Crippen LogP contribution in [0, 0.1) is 18.3 Å². The molecule has 0 bridgehead atoms. The molecule has 0 amide bonds. The van der Waals surface area contributed by atoms with Crippen molar-refractivity contribution < 1.29 is 13.2 Å². The second-order valence-corrected chi connectivity index (χ2v) is 8.90. The first-order valence-corrected chi connectivity index (χ1v) is 11.0. The SMILES string of the molecule is Cc1ccc(S(=O)(=O)n2cc(C(=O)/C(C#N)=C/c3ccccc3)c3ccccc32)cc1. The summed E-state index contributed by atoms with van der Waals surface area (Å²) in [5, 5.41) is 10.1. The van der Waals surface area contributed by atoms with Crippen molar-refractivity contribution in [1.29, 1.82) is 5.26 Å². The number of nitrogens with zero attached hydrogens (tertiary/aromatic N) is 2. The third-order valence-electron chi connectivity index (χ3n) is 4.98. The lowest BCUT2D eigenvalue weighted by atomic mass is 10.0. The predicted octanol–water partition coefficient (Wildman–Crippen LogP) is 4.98. The first kappa shape index (κ1) is 20.3. The zero-order valence-electron chi connectivity index (χ0n) is 16.7. The molecule has 0 aliphatic rings. The summed E-state index contributed by atoms with van der Waals surface area (Å²) in [6.07, 6.45) is 2.81. The molecule has 4 aromatic rings. The average molecular weight is 426 g/mol. The fraction of sp³-hybridized carbons (Fsp3) is 0.0400. The van der Waals surface area contributed by atoms with Gasteiger partial charge in [-0.15, -0.1) is 0 Å². The number of hydrogen-bond donors (Lipinski definition) is 0. The van der Waals surface area contributed by atoms with Crippen molar-refractivity contribution in [2.24, 2.45) is 0 Å². The Morgan fingerprint density at radius 1 is 0.935 bits per heavy atom. The molecular weight excluding hydrogens is 408 g/mol. The number of ketones is 1. The van der Waals surface area contributed by atoms with Crippen LogP contribution in [0.5, 0.6) is 0 Å². The largest absolute Gasteiger partial charge is 0.288 e. The van der Waals surface area contributed by atoms with Crippen LogP contribution >= 0.6 is 0 Å². The molecule has 31 heavy (non-hydrogen) atoms. The fourth-order valence-corrected chi connectivity index (χ4v) is 4.73. The molecule has 0 aliphatic carbocycles. The van der Waals surface area contributed by atoms with Crippen LogP contribution in [0.25, 0.3) is 17.0 Å². The molecule has 0 fully saturated rings. The third-order valence-corrected chi connectivity index (χ3v) is 6.66. The van der Waals surface area contributed by atoms with Crippen molar-refractivity contribution in [3.05, 3.63) is 107 Å². The number of hydrogen-bond acceptors (Lipinski definition) is 4. The minimum atomic E-state index is -3.92. The van der Waals surface area contributed by atoms with Crippen molar-refractivity contribution in [2.75, 3.05) is 0 Å². The Morgan fingerprint density at radius 3 is 2.26 bits per heavy atom. The predicted molar refractivity (Wildman–Crippen MR) is 120 cm³/mol. The quantitative estimate of drug-likeness (QED) is 0.256. The standard InChI is InChI=1S/C25H18N2O3S/c1-18-11-13-21(14-12-18)31(29,30)27-17-23(22-9-5-6-10-24(22)27)25(28)20(16-26)15-19-7-3-2-4-8-19/h2-15,17H,1H3/b20-15+. The summed E-state index contributed by atoms with van der Waals surface area (Å²) in [4.78, 5) is 13.3. The molecule has 0 unspecified atom stereocenters. The van der Waals surface area contributed by atoms with Crippen LogP contribution < -0.4 is 0 Å². The topological polar surface area (TPSA) is 79.9 Å². The van der Waals surface area contributed by atoms with Crippen molar-refractivity contribution in [2.45, 2.75) is 11.8 Å². The Balaban J connectivity index is 1.87. The number of aromatic nitrogens is 1. The van der Waals surface area contributed by atoms with Gasteiger partial charge < -0.3 is 0 Å². The van der Waals surface area contributed by atoms with Gasteiger partial charge in [0.25, 0.3) is 10.0 Å². The van der Waals surface area contributed by atoms with E-state index in [1.54, 1.807) is 48.5 Å². The summed E-state index contributed by atoms with van der Waals surface area (Å²) >= 11 is 0. The molecule has 0 aliphatic heterocycles. The highest BCUT2D eigenvalue weighted by molar-refractivity contribution is 7.90. The van der Waals surface area contributed by atoms with Gasteiger partial charge >= 0.3 is 0 Å². The van der Waals surface area contributed by atoms with Crippen molar-refractivity contribution in [1.82, 2.24) is 3.97 Å². The molecule has 5 nitrogen and oxygen atoms in total. The van der Waals surface area contributed by atoms with E-state index in [1.807, 2.05) is 31.2 Å². The first-order chi connectivity index (χ1) is 14.9. The Morgan fingerprint density at radius 2 is 1.58 bits per heavy atom. The number of aryl methyl sites for hydroxylation is 1. The third kappa shape index (κ3) is 3.79. The van der Waals surface area contributed by atoms with E-state index in [4.69, 9.17) is 0 Å². The summed E-state index contributed by atoms with van der Waals surface area (Å²) in [5.74, 6) is -0.527. The second-order valence-electron chi connectivity index (χ2n) is 7.08. The lowest BCUT2D eigenvalue weighted by Crippen LogP contribution is -2.12. The smallest absolute Gasteiger partial charge is 0.268 e. The summed E-state index contributed by atoms with van der Waals surface area (Å²) in [5.41, 5.74) is 2.13. The summed E-state index contributed by atoms with van der Waals surface area (Å²) in [7, 11) is -3.92. The minimum absolute atomic E-state index is 0.0677. The van der Waals surface area contributed by atoms with Crippen molar-refractivity contribution in [3.8, 4) is 6.07 Å². The number of nitriles is 1. The average Bonchev–Trinajstić information content (AvgIpc) is 3.18. The number of benzene rings is 3. The van der Waals surface area contributed by atoms with E-state index < -0.39 is 15.8 Å². The van der Waals surface area contributed by atoms with Gasteiger partial charge in [0.1, 0.15) is 11.6 Å². The molecule has 4 rings (SSSR count). The highest BCUT2D eigenvalue weighted by atomic mass is 32.2. The van der Waals surface area contributed by atoms with E-state index >= 15 is 0 Å². The monoisotopic (exact) mass is 426 g/mol. The summed E-state index contributed by atoms with van der Waals surface area (Å²) in [6.45, 7) is 1.88. The van der Waals surface area contributed by atoms with E-state index in [1.165, 1.54) is 24.4 Å². The van der Waals surface area contributed by atoms with E-state index in [-0.39, 0.29) is 16.0 Å². The van der Waals surface area contributed by atoms with E-state index in [9.17, 15) is 18.5 Å². The normalized spacial score (nSPS) is 11.9. The molecule has 6 heteroatoms. The molecule has 0 spiro atoms. The molecule has 0 atom stereocenters. The molecule has 0 saturated carbocycles. The molecule has 3 aromatic carbocycles.